The van der Waals surface area contributed by atoms with Gasteiger partial charge in [0.15, 0.2) is 0 Å². The Kier molecular flexibility index (Phi) is 10.8. The topological polar surface area (TPSA) is 55.5 Å². The molecule has 0 bridgehead atoms. The summed E-state index contributed by atoms with van der Waals surface area (Å²) in [6.45, 7) is 5.25. The number of rotatable bonds is 14. The molecule has 24 heavy (non-hydrogen) atoms. The Morgan fingerprint density at radius 2 is 1.58 bits per heavy atom. The van der Waals surface area contributed by atoms with E-state index in [0.717, 1.165) is 50.9 Å². The molecule has 3 heteroatoms. The van der Waals surface area contributed by atoms with E-state index in [1.165, 1.54) is 31.2 Å². The fourth-order valence-corrected chi connectivity index (χ4v) is 2.85. The second kappa shape index (κ2) is 12.3. The average Bonchev–Trinajstić information content (AvgIpc) is 2.62. The number of aliphatic hydroxyl groups excluding tert-OH is 1. The highest BCUT2D eigenvalue weighted by Gasteiger charge is 2.22. The highest BCUT2D eigenvalue weighted by atomic mass is 16.5. The summed E-state index contributed by atoms with van der Waals surface area (Å²) < 4.78 is 5.80. The monoisotopic (exact) mass is 335 g/mol. The van der Waals surface area contributed by atoms with Crippen LogP contribution < -0.4 is 10.5 Å². The molecule has 0 saturated heterocycles. The van der Waals surface area contributed by atoms with E-state index in [1.54, 1.807) is 0 Å². The maximum absolute atomic E-state index is 9.56. The Bertz CT molecular complexity index is 418. The van der Waals surface area contributed by atoms with Crippen LogP contribution in [0.5, 0.6) is 5.75 Å². The number of benzene rings is 1. The summed E-state index contributed by atoms with van der Waals surface area (Å²) in [5.41, 5.74) is 7.12. The summed E-state index contributed by atoms with van der Waals surface area (Å²) in [7, 11) is 0. The molecule has 0 spiro atoms. The molecule has 1 rings (SSSR count). The summed E-state index contributed by atoms with van der Waals surface area (Å²) in [5, 5.41) is 9.56. The molecule has 0 amide bonds. The third-order valence-corrected chi connectivity index (χ3v) is 4.69. The van der Waals surface area contributed by atoms with Gasteiger partial charge < -0.3 is 15.6 Å². The lowest BCUT2D eigenvalue weighted by atomic mass is 9.88. The largest absolute Gasteiger partial charge is 0.494 e. The van der Waals surface area contributed by atoms with Gasteiger partial charge in [-0.05, 0) is 43.4 Å². The van der Waals surface area contributed by atoms with Crippen molar-refractivity contribution in [1.82, 2.24) is 0 Å². The predicted molar refractivity (Wildman–Crippen MR) is 103 cm³/mol. The van der Waals surface area contributed by atoms with E-state index < -0.39 is 5.54 Å². The van der Waals surface area contributed by atoms with Gasteiger partial charge in [0.2, 0.25) is 0 Å². The highest BCUT2D eigenvalue weighted by Crippen LogP contribution is 2.20. The van der Waals surface area contributed by atoms with Crippen molar-refractivity contribution in [3.63, 3.8) is 0 Å². The molecule has 1 atom stereocenters. The van der Waals surface area contributed by atoms with Gasteiger partial charge in [0.25, 0.3) is 0 Å². The van der Waals surface area contributed by atoms with Gasteiger partial charge in [-0.3, -0.25) is 0 Å². The minimum Gasteiger partial charge on any atom is -0.494 e. The van der Waals surface area contributed by atoms with Crippen LogP contribution in [-0.2, 0) is 6.42 Å². The Labute approximate surface area is 148 Å². The number of aliphatic hydroxyl groups is 1. The van der Waals surface area contributed by atoms with E-state index in [0.29, 0.717) is 0 Å². The molecule has 1 aromatic carbocycles. The van der Waals surface area contributed by atoms with E-state index in [4.69, 9.17) is 10.5 Å². The number of hydrogen-bond acceptors (Lipinski definition) is 3. The molecule has 1 aromatic rings. The average molecular weight is 336 g/mol. The third-order valence-electron chi connectivity index (χ3n) is 4.69. The molecule has 0 saturated carbocycles. The van der Waals surface area contributed by atoms with Gasteiger partial charge in [0, 0.05) is 5.54 Å². The summed E-state index contributed by atoms with van der Waals surface area (Å²) in [4.78, 5) is 0. The standard InChI is InChI=1S/C21H37NO2/c1-3-5-7-8-9-17-24-20-12-10-19(11-13-20)14-16-21(22,18-23)15-6-4-2/h10-13,23H,3-9,14-18,22H2,1-2H3. The number of unbranched alkanes of at least 4 members (excludes halogenated alkanes) is 5. The number of ether oxygens (including phenoxy) is 1. The normalized spacial score (nSPS) is 13.7. The summed E-state index contributed by atoms with van der Waals surface area (Å²) >= 11 is 0. The van der Waals surface area contributed by atoms with Crippen LogP contribution in [0.2, 0.25) is 0 Å². The Balaban J connectivity index is 2.31. The van der Waals surface area contributed by atoms with Crippen molar-refractivity contribution in [2.75, 3.05) is 13.2 Å². The maximum Gasteiger partial charge on any atom is 0.119 e. The molecule has 0 radical (unpaired) electrons. The first-order valence-electron chi connectivity index (χ1n) is 9.75. The van der Waals surface area contributed by atoms with Gasteiger partial charge >= 0.3 is 0 Å². The smallest absolute Gasteiger partial charge is 0.119 e. The molecule has 0 fully saturated rings. The molecular weight excluding hydrogens is 298 g/mol. The summed E-state index contributed by atoms with van der Waals surface area (Å²) in [5.74, 6) is 0.946. The van der Waals surface area contributed by atoms with Crippen LogP contribution in [0.4, 0.5) is 0 Å². The van der Waals surface area contributed by atoms with Crippen molar-refractivity contribution >= 4 is 0 Å². The van der Waals surface area contributed by atoms with Crippen molar-refractivity contribution in [2.24, 2.45) is 5.73 Å². The molecule has 138 valence electrons. The van der Waals surface area contributed by atoms with Crippen molar-refractivity contribution < 1.29 is 9.84 Å². The fourth-order valence-electron chi connectivity index (χ4n) is 2.85. The van der Waals surface area contributed by atoms with E-state index in [-0.39, 0.29) is 6.61 Å². The van der Waals surface area contributed by atoms with Crippen molar-refractivity contribution in [2.45, 2.75) is 83.6 Å². The highest BCUT2D eigenvalue weighted by molar-refractivity contribution is 5.27. The van der Waals surface area contributed by atoms with Gasteiger partial charge in [0.05, 0.1) is 13.2 Å². The second-order valence-corrected chi connectivity index (χ2v) is 7.03. The lowest BCUT2D eigenvalue weighted by Crippen LogP contribution is -2.44. The Hall–Kier alpha value is -1.06. The van der Waals surface area contributed by atoms with Gasteiger partial charge in [0.1, 0.15) is 5.75 Å². The van der Waals surface area contributed by atoms with Gasteiger partial charge in [-0.25, -0.2) is 0 Å². The van der Waals surface area contributed by atoms with Crippen LogP contribution in [0.25, 0.3) is 0 Å². The lowest BCUT2D eigenvalue weighted by Gasteiger charge is -2.27. The Morgan fingerprint density at radius 3 is 2.21 bits per heavy atom. The SMILES string of the molecule is CCCCCCCOc1ccc(CCC(N)(CO)CCCC)cc1. The van der Waals surface area contributed by atoms with E-state index in [2.05, 4.69) is 26.0 Å². The van der Waals surface area contributed by atoms with Crippen LogP contribution in [-0.4, -0.2) is 23.9 Å². The third kappa shape index (κ3) is 8.70. The number of hydrogen-bond donors (Lipinski definition) is 2. The van der Waals surface area contributed by atoms with Crippen LogP contribution in [0, 0.1) is 0 Å². The molecule has 0 aliphatic rings. The first-order chi connectivity index (χ1) is 11.6. The zero-order valence-corrected chi connectivity index (χ0v) is 15.7. The molecule has 3 nitrogen and oxygen atoms in total. The van der Waals surface area contributed by atoms with Gasteiger partial charge in [-0.2, -0.15) is 0 Å². The molecule has 1 unspecified atom stereocenters. The quantitative estimate of drug-likeness (QED) is 0.478. The van der Waals surface area contributed by atoms with Crippen LogP contribution in [0.3, 0.4) is 0 Å². The maximum atomic E-state index is 9.56. The van der Waals surface area contributed by atoms with E-state index in [9.17, 15) is 5.11 Å². The molecular formula is C21H37NO2. The molecule has 0 aliphatic heterocycles. The van der Waals surface area contributed by atoms with Gasteiger partial charge in [-0.1, -0.05) is 64.5 Å². The van der Waals surface area contributed by atoms with Crippen molar-refractivity contribution in [3.05, 3.63) is 29.8 Å². The zero-order chi connectivity index (χ0) is 17.7. The molecule has 0 aromatic heterocycles. The minimum absolute atomic E-state index is 0.0617. The van der Waals surface area contributed by atoms with Crippen LogP contribution in [0.1, 0.15) is 77.2 Å². The predicted octanol–water partition coefficient (Wildman–Crippen LogP) is 4.85. The zero-order valence-electron chi connectivity index (χ0n) is 15.7. The van der Waals surface area contributed by atoms with E-state index in [1.807, 2.05) is 12.1 Å². The number of nitrogens with two attached hydrogens (primary N) is 1. The fraction of sp³-hybridized carbons (Fsp3) is 0.714. The lowest BCUT2D eigenvalue weighted by molar-refractivity contribution is 0.175. The van der Waals surface area contributed by atoms with Crippen LogP contribution in [0.15, 0.2) is 24.3 Å². The van der Waals surface area contributed by atoms with Gasteiger partial charge in [-0.15, -0.1) is 0 Å². The minimum atomic E-state index is -0.441. The first kappa shape index (κ1) is 21.0. The van der Waals surface area contributed by atoms with Crippen LogP contribution >= 0.6 is 0 Å². The first-order valence-corrected chi connectivity index (χ1v) is 9.75. The molecule has 3 N–H and O–H groups in total. The van der Waals surface area contributed by atoms with E-state index >= 15 is 0 Å². The second-order valence-electron chi connectivity index (χ2n) is 7.03. The summed E-state index contributed by atoms with van der Waals surface area (Å²) in [6, 6.07) is 8.32. The summed E-state index contributed by atoms with van der Waals surface area (Å²) in [6.07, 6.45) is 11.1. The molecule has 0 heterocycles. The Morgan fingerprint density at radius 1 is 0.917 bits per heavy atom. The van der Waals surface area contributed by atoms with Crippen molar-refractivity contribution in [3.8, 4) is 5.75 Å². The van der Waals surface area contributed by atoms with Crippen molar-refractivity contribution in [1.29, 1.82) is 0 Å². The molecule has 0 aliphatic carbocycles. The number of aryl methyl sites for hydroxylation is 1.